The number of benzene rings is 1. The maximum Gasteiger partial charge on any atom is 0.232 e. The number of likely N-dealkylation sites (N-methyl/N-ethyl adjacent to an activating group) is 1. The van der Waals surface area contributed by atoms with Gasteiger partial charge in [0.15, 0.2) is 0 Å². The highest BCUT2D eigenvalue weighted by Crippen LogP contribution is 2.17. The van der Waals surface area contributed by atoms with Gasteiger partial charge in [0.05, 0.1) is 5.75 Å². The van der Waals surface area contributed by atoms with Crippen molar-refractivity contribution >= 4 is 29.3 Å². The second kappa shape index (κ2) is 7.17. The van der Waals surface area contributed by atoms with E-state index in [0.717, 1.165) is 37.0 Å². The van der Waals surface area contributed by atoms with Crippen molar-refractivity contribution in [3.05, 3.63) is 34.9 Å². The zero-order chi connectivity index (χ0) is 13.7. The Bertz CT molecular complexity index is 433. The second-order valence-electron chi connectivity index (χ2n) is 4.81. The van der Waals surface area contributed by atoms with Crippen LogP contribution in [0, 0.1) is 0 Å². The number of nitrogens with zero attached hydrogens (tertiary/aromatic N) is 2. The quantitative estimate of drug-likeness (QED) is 0.852. The molecule has 0 saturated carbocycles. The van der Waals surface area contributed by atoms with Gasteiger partial charge in [-0.1, -0.05) is 23.7 Å². The fourth-order valence-electron chi connectivity index (χ4n) is 2.03. The molecular weight excluding hydrogens is 280 g/mol. The number of rotatable bonds is 4. The van der Waals surface area contributed by atoms with E-state index in [-0.39, 0.29) is 5.91 Å². The molecule has 0 aromatic heterocycles. The molecule has 3 nitrogen and oxygen atoms in total. The largest absolute Gasteiger partial charge is 0.339 e. The summed E-state index contributed by atoms with van der Waals surface area (Å²) < 4.78 is 0. The molecule has 5 heteroatoms. The van der Waals surface area contributed by atoms with Crippen molar-refractivity contribution in [2.75, 3.05) is 39.0 Å². The van der Waals surface area contributed by atoms with Crippen LogP contribution in [0.2, 0.25) is 5.02 Å². The molecule has 1 heterocycles. The molecule has 0 spiro atoms. The third-order valence-corrected chi connectivity index (χ3v) is 4.46. The minimum absolute atomic E-state index is 0.250. The molecule has 1 saturated heterocycles. The first-order valence-corrected chi connectivity index (χ1v) is 7.97. The summed E-state index contributed by atoms with van der Waals surface area (Å²) in [6, 6.07) is 7.81. The van der Waals surface area contributed by atoms with Gasteiger partial charge in [-0.05, 0) is 24.7 Å². The molecule has 19 heavy (non-hydrogen) atoms. The standard InChI is InChI=1S/C14H19ClN2OS/c1-16-5-7-17(8-6-16)14(18)11-19-10-12-3-2-4-13(15)9-12/h2-4,9H,5-8,10-11H2,1H3. The third kappa shape index (κ3) is 4.71. The maximum absolute atomic E-state index is 12.0. The Morgan fingerprint density at radius 1 is 1.32 bits per heavy atom. The minimum Gasteiger partial charge on any atom is -0.339 e. The van der Waals surface area contributed by atoms with Gasteiger partial charge >= 0.3 is 0 Å². The van der Waals surface area contributed by atoms with Gasteiger partial charge in [-0.15, -0.1) is 11.8 Å². The number of amides is 1. The summed E-state index contributed by atoms with van der Waals surface area (Å²) in [6.07, 6.45) is 0. The number of carbonyl (C=O) groups excluding carboxylic acids is 1. The monoisotopic (exact) mass is 298 g/mol. The highest BCUT2D eigenvalue weighted by Gasteiger charge is 2.18. The molecule has 1 fully saturated rings. The van der Waals surface area contributed by atoms with E-state index in [1.165, 1.54) is 5.56 Å². The number of halogens is 1. The van der Waals surface area contributed by atoms with Crippen molar-refractivity contribution in [3.63, 3.8) is 0 Å². The van der Waals surface area contributed by atoms with Crippen molar-refractivity contribution in [2.45, 2.75) is 5.75 Å². The Morgan fingerprint density at radius 3 is 2.74 bits per heavy atom. The fourth-order valence-corrected chi connectivity index (χ4v) is 3.12. The molecular formula is C14H19ClN2OS. The Hall–Kier alpha value is -0.710. The Balaban J connectivity index is 1.72. The number of hydrogen-bond acceptors (Lipinski definition) is 3. The lowest BCUT2D eigenvalue weighted by Gasteiger charge is -2.32. The normalized spacial score (nSPS) is 16.6. The van der Waals surface area contributed by atoms with E-state index in [1.807, 2.05) is 29.2 Å². The number of piperazine rings is 1. The molecule has 0 unspecified atom stereocenters. The summed E-state index contributed by atoms with van der Waals surface area (Å²) in [5, 5.41) is 0.753. The molecule has 1 aliphatic rings. The zero-order valence-corrected chi connectivity index (χ0v) is 12.7. The average molecular weight is 299 g/mol. The first-order chi connectivity index (χ1) is 9.15. The fraction of sp³-hybridized carbons (Fsp3) is 0.500. The summed E-state index contributed by atoms with van der Waals surface area (Å²) in [7, 11) is 2.09. The molecule has 0 atom stereocenters. The molecule has 1 amide bonds. The van der Waals surface area contributed by atoms with Crippen LogP contribution in [0.1, 0.15) is 5.56 Å². The molecule has 0 N–H and O–H groups in total. The molecule has 1 aromatic rings. The second-order valence-corrected chi connectivity index (χ2v) is 6.23. The molecule has 0 aliphatic carbocycles. The van der Waals surface area contributed by atoms with Crippen LogP contribution in [0.4, 0.5) is 0 Å². The number of thioether (sulfide) groups is 1. The summed E-state index contributed by atoms with van der Waals surface area (Å²) in [4.78, 5) is 16.2. The lowest BCUT2D eigenvalue weighted by Crippen LogP contribution is -2.47. The molecule has 0 radical (unpaired) electrons. The van der Waals surface area contributed by atoms with Gasteiger partial charge in [-0.3, -0.25) is 4.79 Å². The average Bonchev–Trinajstić information content (AvgIpc) is 2.39. The Morgan fingerprint density at radius 2 is 2.05 bits per heavy atom. The van der Waals surface area contributed by atoms with E-state index in [4.69, 9.17) is 11.6 Å². The molecule has 104 valence electrons. The summed E-state index contributed by atoms with van der Waals surface area (Å²) >= 11 is 7.59. The zero-order valence-electron chi connectivity index (χ0n) is 11.1. The van der Waals surface area contributed by atoms with Crippen LogP contribution in [0.25, 0.3) is 0 Å². The van der Waals surface area contributed by atoms with Gasteiger partial charge < -0.3 is 9.80 Å². The van der Waals surface area contributed by atoms with Gasteiger partial charge in [0.1, 0.15) is 0 Å². The van der Waals surface area contributed by atoms with Gasteiger partial charge in [0.25, 0.3) is 0 Å². The topological polar surface area (TPSA) is 23.6 Å². The van der Waals surface area contributed by atoms with Crippen LogP contribution in [0.15, 0.2) is 24.3 Å². The Kier molecular flexibility index (Phi) is 5.55. The lowest BCUT2D eigenvalue weighted by atomic mass is 10.2. The van der Waals surface area contributed by atoms with Crippen LogP contribution in [0.5, 0.6) is 0 Å². The predicted molar refractivity (Wildman–Crippen MR) is 81.7 cm³/mol. The summed E-state index contributed by atoms with van der Waals surface area (Å²) in [5.74, 6) is 1.64. The summed E-state index contributed by atoms with van der Waals surface area (Å²) in [5.41, 5.74) is 1.17. The van der Waals surface area contributed by atoms with E-state index >= 15 is 0 Å². The van der Waals surface area contributed by atoms with Crippen LogP contribution in [0.3, 0.4) is 0 Å². The van der Waals surface area contributed by atoms with Crippen LogP contribution >= 0.6 is 23.4 Å². The van der Waals surface area contributed by atoms with Crippen LogP contribution in [-0.2, 0) is 10.5 Å². The Labute approximate surface area is 123 Å². The van der Waals surface area contributed by atoms with E-state index in [1.54, 1.807) is 11.8 Å². The van der Waals surface area contributed by atoms with E-state index in [2.05, 4.69) is 11.9 Å². The molecule has 0 bridgehead atoms. The van der Waals surface area contributed by atoms with Crippen molar-refractivity contribution in [3.8, 4) is 0 Å². The van der Waals surface area contributed by atoms with Crippen LogP contribution in [-0.4, -0.2) is 54.7 Å². The van der Waals surface area contributed by atoms with Crippen molar-refractivity contribution in [1.29, 1.82) is 0 Å². The van der Waals surface area contributed by atoms with Crippen molar-refractivity contribution < 1.29 is 4.79 Å². The van der Waals surface area contributed by atoms with Crippen LogP contribution < -0.4 is 0 Å². The molecule has 1 aromatic carbocycles. The number of hydrogen-bond donors (Lipinski definition) is 0. The van der Waals surface area contributed by atoms with Gasteiger partial charge in [-0.25, -0.2) is 0 Å². The van der Waals surface area contributed by atoms with E-state index in [0.29, 0.717) is 5.75 Å². The minimum atomic E-state index is 0.250. The SMILES string of the molecule is CN1CCN(C(=O)CSCc2cccc(Cl)c2)CC1. The lowest BCUT2D eigenvalue weighted by molar-refractivity contribution is -0.129. The van der Waals surface area contributed by atoms with Crippen molar-refractivity contribution in [2.24, 2.45) is 0 Å². The van der Waals surface area contributed by atoms with Crippen molar-refractivity contribution in [1.82, 2.24) is 9.80 Å². The number of carbonyl (C=O) groups is 1. The highest BCUT2D eigenvalue weighted by molar-refractivity contribution is 7.99. The predicted octanol–water partition coefficient (Wildman–Crippen LogP) is 2.35. The highest BCUT2D eigenvalue weighted by atomic mass is 35.5. The molecule has 1 aliphatic heterocycles. The van der Waals surface area contributed by atoms with E-state index in [9.17, 15) is 4.79 Å². The van der Waals surface area contributed by atoms with Gasteiger partial charge in [0.2, 0.25) is 5.91 Å². The molecule has 2 rings (SSSR count). The van der Waals surface area contributed by atoms with Gasteiger partial charge in [-0.2, -0.15) is 0 Å². The maximum atomic E-state index is 12.0. The summed E-state index contributed by atoms with van der Waals surface area (Å²) in [6.45, 7) is 3.66. The first kappa shape index (κ1) is 14.7. The van der Waals surface area contributed by atoms with E-state index < -0.39 is 0 Å². The third-order valence-electron chi connectivity index (χ3n) is 3.24. The first-order valence-electron chi connectivity index (χ1n) is 6.43. The smallest absolute Gasteiger partial charge is 0.232 e. The van der Waals surface area contributed by atoms with Gasteiger partial charge in [0, 0.05) is 37.0 Å².